The molecule has 4 rings (SSSR count). The van der Waals surface area contributed by atoms with Gasteiger partial charge in [0.05, 0.1) is 23.1 Å². The Kier molecular flexibility index (Phi) is 7.11. The van der Waals surface area contributed by atoms with E-state index in [4.69, 9.17) is 11.6 Å². The summed E-state index contributed by atoms with van der Waals surface area (Å²) in [6, 6.07) is 7.37. The first-order valence-corrected chi connectivity index (χ1v) is 13.0. The average Bonchev–Trinajstić information content (AvgIpc) is 3.25. The van der Waals surface area contributed by atoms with E-state index in [1.54, 1.807) is 26.2 Å². The molecule has 3 heterocycles. The van der Waals surface area contributed by atoms with Crippen LogP contribution < -0.4 is 0 Å². The van der Waals surface area contributed by atoms with Crippen molar-refractivity contribution in [3.63, 3.8) is 0 Å². The van der Waals surface area contributed by atoms with E-state index in [1.807, 2.05) is 39.1 Å². The molecule has 9 nitrogen and oxygen atoms in total. The van der Waals surface area contributed by atoms with Gasteiger partial charge in [-0.25, -0.2) is 4.68 Å². The van der Waals surface area contributed by atoms with E-state index in [0.717, 1.165) is 24.5 Å². The van der Waals surface area contributed by atoms with Crippen molar-refractivity contribution < 1.29 is 13.2 Å². The zero-order valence-corrected chi connectivity index (χ0v) is 20.9. The van der Waals surface area contributed by atoms with Crippen molar-refractivity contribution >= 4 is 27.7 Å². The van der Waals surface area contributed by atoms with E-state index < -0.39 is 10.2 Å². The predicted octanol–water partition coefficient (Wildman–Crippen LogP) is 1.90. The minimum atomic E-state index is -3.51. The van der Waals surface area contributed by atoms with Gasteiger partial charge >= 0.3 is 0 Å². The Morgan fingerprint density at radius 2 is 1.61 bits per heavy atom. The van der Waals surface area contributed by atoms with E-state index in [1.165, 1.54) is 4.31 Å². The molecule has 2 saturated heterocycles. The Balaban J connectivity index is 1.48. The van der Waals surface area contributed by atoms with Gasteiger partial charge in [-0.1, -0.05) is 31.5 Å². The summed E-state index contributed by atoms with van der Waals surface area (Å²) in [6.45, 7) is 7.79. The standard InChI is InChI=1S/C22H31ClN6O3S/c1-17(2)21-20(16-24-29(21)19-6-4-5-18(23)15-19)22(30)26-9-13-28(14-10-26)33(31,32)27-11-7-25(3)8-12-27/h4-6,15-17H,7-14H2,1-3H3. The molecular formula is C22H31ClN6O3S. The lowest BCUT2D eigenvalue weighted by molar-refractivity contribution is 0.0690. The number of hydrogen-bond acceptors (Lipinski definition) is 5. The summed E-state index contributed by atoms with van der Waals surface area (Å²) in [5.74, 6) is -0.0621. The molecule has 0 atom stereocenters. The maximum absolute atomic E-state index is 13.4. The van der Waals surface area contributed by atoms with Gasteiger partial charge in [0.1, 0.15) is 0 Å². The molecule has 2 aromatic rings. The lowest BCUT2D eigenvalue weighted by Crippen LogP contribution is -2.57. The Hall–Kier alpha value is -1.98. The zero-order valence-electron chi connectivity index (χ0n) is 19.3. The molecule has 0 bridgehead atoms. The van der Waals surface area contributed by atoms with Crippen LogP contribution in [-0.4, -0.2) is 102 Å². The molecule has 11 heteroatoms. The van der Waals surface area contributed by atoms with Crippen molar-refractivity contribution in [1.29, 1.82) is 0 Å². The first-order valence-electron chi connectivity index (χ1n) is 11.3. The Bertz CT molecular complexity index is 1100. The molecule has 0 aliphatic carbocycles. The minimum Gasteiger partial charge on any atom is -0.336 e. The van der Waals surface area contributed by atoms with Crippen LogP contribution in [0.15, 0.2) is 30.5 Å². The number of rotatable bonds is 5. The smallest absolute Gasteiger partial charge is 0.282 e. The highest BCUT2D eigenvalue weighted by molar-refractivity contribution is 7.86. The van der Waals surface area contributed by atoms with Crippen LogP contribution in [0.4, 0.5) is 0 Å². The van der Waals surface area contributed by atoms with Crippen molar-refractivity contribution in [2.45, 2.75) is 19.8 Å². The Morgan fingerprint density at radius 3 is 2.18 bits per heavy atom. The number of carbonyl (C=O) groups excluding carboxylic acids is 1. The van der Waals surface area contributed by atoms with Gasteiger partial charge in [0.2, 0.25) is 0 Å². The Labute approximate surface area is 200 Å². The summed E-state index contributed by atoms with van der Waals surface area (Å²) in [7, 11) is -1.51. The van der Waals surface area contributed by atoms with Crippen LogP contribution >= 0.6 is 11.6 Å². The highest BCUT2D eigenvalue weighted by Gasteiger charge is 2.35. The molecule has 1 aromatic heterocycles. The topological polar surface area (TPSA) is 82.0 Å². The molecule has 0 spiro atoms. The number of carbonyl (C=O) groups is 1. The van der Waals surface area contributed by atoms with Gasteiger partial charge in [-0.05, 0) is 31.2 Å². The number of halogens is 1. The van der Waals surface area contributed by atoms with Gasteiger partial charge in [0.15, 0.2) is 0 Å². The third-order valence-corrected chi connectivity index (χ3v) is 8.55. The molecule has 33 heavy (non-hydrogen) atoms. The van der Waals surface area contributed by atoms with Gasteiger partial charge in [-0.2, -0.15) is 22.1 Å². The normalized spacial score (nSPS) is 19.4. The number of nitrogens with zero attached hydrogens (tertiary/aromatic N) is 6. The van der Waals surface area contributed by atoms with Crippen molar-refractivity contribution in [2.24, 2.45) is 0 Å². The summed E-state index contributed by atoms with van der Waals surface area (Å²) in [4.78, 5) is 17.2. The fraction of sp³-hybridized carbons (Fsp3) is 0.545. The third-order valence-electron chi connectivity index (χ3n) is 6.28. The second kappa shape index (κ2) is 9.71. The molecule has 0 unspecified atom stereocenters. The van der Waals surface area contributed by atoms with Crippen LogP contribution in [0.3, 0.4) is 0 Å². The summed E-state index contributed by atoms with van der Waals surface area (Å²) < 4.78 is 30.9. The summed E-state index contributed by atoms with van der Waals surface area (Å²) in [5, 5.41) is 5.08. The second-order valence-corrected chi connectivity index (χ2v) is 11.3. The minimum absolute atomic E-state index is 0.0596. The lowest BCUT2D eigenvalue weighted by atomic mass is 10.0. The molecular weight excluding hydrogens is 464 g/mol. The molecule has 0 radical (unpaired) electrons. The van der Waals surface area contributed by atoms with E-state index in [0.29, 0.717) is 49.9 Å². The largest absolute Gasteiger partial charge is 0.336 e. The maximum atomic E-state index is 13.4. The number of amides is 1. The number of hydrogen-bond donors (Lipinski definition) is 0. The van der Waals surface area contributed by atoms with E-state index in [9.17, 15) is 13.2 Å². The van der Waals surface area contributed by atoms with Crippen molar-refractivity contribution in [3.8, 4) is 5.69 Å². The summed E-state index contributed by atoms with van der Waals surface area (Å²) >= 11 is 6.16. The summed E-state index contributed by atoms with van der Waals surface area (Å²) in [6.07, 6.45) is 1.60. The van der Waals surface area contributed by atoms with Crippen LogP contribution in [0.1, 0.15) is 35.8 Å². The van der Waals surface area contributed by atoms with Crippen molar-refractivity contribution in [1.82, 2.24) is 28.2 Å². The monoisotopic (exact) mass is 494 g/mol. The predicted molar refractivity (Wildman–Crippen MR) is 128 cm³/mol. The van der Waals surface area contributed by atoms with Crippen LogP contribution in [0.5, 0.6) is 0 Å². The molecule has 180 valence electrons. The molecule has 0 N–H and O–H groups in total. The Morgan fingerprint density at radius 1 is 1.00 bits per heavy atom. The average molecular weight is 495 g/mol. The van der Waals surface area contributed by atoms with Gasteiger partial charge in [-0.3, -0.25) is 4.79 Å². The van der Waals surface area contributed by atoms with Crippen LogP contribution in [0, 0.1) is 0 Å². The summed E-state index contributed by atoms with van der Waals surface area (Å²) in [5.41, 5.74) is 2.16. The SMILES string of the molecule is CC(C)c1c(C(=O)N2CCN(S(=O)(=O)N3CCN(C)CC3)CC2)cnn1-c1cccc(Cl)c1. The first kappa shape index (κ1) is 24.2. The number of likely N-dealkylation sites (N-methyl/N-ethyl adjacent to an activating group) is 1. The zero-order chi connectivity index (χ0) is 23.8. The molecule has 1 aromatic carbocycles. The van der Waals surface area contributed by atoms with Crippen LogP contribution in [0.2, 0.25) is 5.02 Å². The van der Waals surface area contributed by atoms with Gasteiger partial charge in [0.25, 0.3) is 16.1 Å². The maximum Gasteiger partial charge on any atom is 0.282 e. The quantitative estimate of drug-likeness (QED) is 0.634. The number of aromatic nitrogens is 2. The number of piperazine rings is 2. The van der Waals surface area contributed by atoms with Crippen LogP contribution in [0.25, 0.3) is 5.69 Å². The molecule has 2 aliphatic rings. The highest BCUT2D eigenvalue weighted by Crippen LogP contribution is 2.26. The van der Waals surface area contributed by atoms with Crippen molar-refractivity contribution in [3.05, 3.63) is 46.7 Å². The van der Waals surface area contributed by atoms with E-state index in [2.05, 4.69) is 10.00 Å². The first-order chi connectivity index (χ1) is 15.7. The van der Waals surface area contributed by atoms with Crippen molar-refractivity contribution in [2.75, 3.05) is 59.4 Å². The molecule has 0 saturated carbocycles. The van der Waals surface area contributed by atoms with Gasteiger partial charge in [-0.15, -0.1) is 0 Å². The highest BCUT2D eigenvalue weighted by atomic mass is 35.5. The van der Waals surface area contributed by atoms with E-state index in [-0.39, 0.29) is 11.8 Å². The van der Waals surface area contributed by atoms with E-state index >= 15 is 0 Å². The fourth-order valence-corrected chi connectivity index (χ4v) is 6.13. The van der Waals surface area contributed by atoms with Crippen LogP contribution in [-0.2, 0) is 10.2 Å². The van der Waals surface area contributed by atoms with Gasteiger partial charge in [0, 0.05) is 57.4 Å². The molecule has 1 amide bonds. The fourth-order valence-electron chi connectivity index (χ4n) is 4.37. The number of benzene rings is 1. The molecule has 2 aliphatic heterocycles. The lowest BCUT2D eigenvalue weighted by Gasteiger charge is -2.39. The third kappa shape index (κ3) is 4.95. The molecule has 2 fully saturated rings. The second-order valence-electron chi connectivity index (χ2n) is 8.89. The van der Waals surface area contributed by atoms with Gasteiger partial charge < -0.3 is 9.80 Å².